The van der Waals surface area contributed by atoms with Gasteiger partial charge in [-0.25, -0.2) is 4.79 Å². The smallest absolute Gasteiger partial charge is 0.411 e. The summed E-state index contributed by atoms with van der Waals surface area (Å²) in [5, 5.41) is 5.31. The zero-order valence-electron chi connectivity index (χ0n) is 16.7. The predicted molar refractivity (Wildman–Crippen MR) is 118 cm³/mol. The van der Waals surface area contributed by atoms with Gasteiger partial charge in [0.25, 0.3) is 5.91 Å². The van der Waals surface area contributed by atoms with E-state index in [1.807, 2.05) is 24.3 Å². The molecule has 9 heteroatoms. The number of hydrogen-bond donors (Lipinski definition) is 2. The number of benzene rings is 2. The van der Waals surface area contributed by atoms with E-state index in [1.54, 1.807) is 36.4 Å². The van der Waals surface area contributed by atoms with Gasteiger partial charge in [0.1, 0.15) is 24.7 Å². The molecule has 2 amide bonds. The van der Waals surface area contributed by atoms with Crippen LogP contribution in [0.5, 0.6) is 5.75 Å². The molecule has 8 nitrogen and oxygen atoms in total. The van der Waals surface area contributed by atoms with Crippen LogP contribution in [0.3, 0.4) is 0 Å². The molecule has 0 unspecified atom stereocenters. The third-order valence-electron chi connectivity index (χ3n) is 3.95. The third-order valence-corrected chi connectivity index (χ3v) is 4.44. The number of halogens is 1. The van der Waals surface area contributed by atoms with Crippen molar-refractivity contribution in [3.8, 4) is 5.75 Å². The molecule has 0 spiro atoms. The van der Waals surface area contributed by atoms with E-state index in [4.69, 9.17) is 18.6 Å². The Morgan fingerprint density at radius 2 is 1.74 bits per heavy atom. The Morgan fingerprint density at radius 1 is 0.968 bits per heavy atom. The molecule has 0 radical (unpaired) electrons. The minimum absolute atomic E-state index is 0.144. The van der Waals surface area contributed by atoms with Crippen LogP contribution < -0.4 is 15.4 Å². The molecule has 0 fully saturated rings. The zero-order valence-corrected chi connectivity index (χ0v) is 18.3. The molecule has 0 aliphatic heterocycles. The van der Waals surface area contributed by atoms with Crippen molar-refractivity contribution in [3.05, 3.63) is 76.7 Å². The van der Waals surface area contributed by atoms with E-state index in [-0.39, 0.29) is 19.0 Å². The van der Waals surface area contributed by atoms with E-state index in [0.717, 1.165) is 4.47 Å². The molecular formula is C22H21BrN2O6. The topological polar surface area (TPSA) is 99.0 Å². The number of ether oxygens (including phenoxy) is 3. The van der Waals surface area contributed by atoms with Gasteiger partial charge in [-0.15, -0.1) is 0 Å². The average Bonchev–Trinajstić information content (AvgIpc) is 3.22. The largest absolute Gasteiger partial charge is 0.486 e. The van der Waals surface area contributed by atoms with Crippen LogP contribution in [0.1, 0.15) is 16.3 Å². The van der Waals surface area contributed by atoms with Crippen molar-refractivity contribution in [2.24, 2.45) is 0 Å². The lowest BCUT2D eigenvalue weighted by Crippen LogP contribution is -2.16. The Kier molecular flexibility index (Phi) is 8.08. The fourth-order valence-electron chi connectivity index (χ4n) is 2.53. The highest BCUT2D eigenvalue weighted by molar-refractivity contribution is 9.10. The van der Waals surface area contributed by atoms with Crippen molar-refractivity contribution >= 4 is 39.3 Å². The SMILES string of the molecule is COCCOC(=O)Nc1cccc(NC(=O)c2ccc(COc3cccc(Br)c3)o2)c1. The maximum atomic E-state index is 12.5. The summed E-state index contributed by atoms with van der Waals surface area (Å²) < 4.78 is 21.9. The summed E-state index contributed by atoms with van der Waals surface area (Å²) in [6, 6.07) is 17.4. The Morgan fingerprint density at radius 3 is 2.52 bits per heavy atom. The van der Waals surface area contributed by atoms with Gasteiger partial charge in [0.05, 0.1) is 6.61 Å². The van der Waals surface area contributed by atoms with Gasteiger partial charge < -0.3 is 23.9 Å². The van der Waals surface area contributed by atoms with Crippen molar-refractivity contribution in [2.45, 2.75) is 6.61 Å². The molecule has 2 N–H and O–H groups in total. The molecule has 0 atom stereocenters. The summed E-state index contributed by atoms with van der Waals surface area (Å²) in [5.74, 6) is 0.917. The maximum absolute atomic E-state index is 12.5. The number of anilines is 2. The van der Waals surface area contributed by atoms with Crippen LogP contribution >= 0.6 is 15.9 Å². The number of carbonyl (C=O) groups is 2. The van der Waals surface area contributed by atoms with Crippen LogP contribution in [0, 0.1) is 0 Å². The summed E-state index contributed by atoms with van der Waals surface area (Å²) in [6.07, 6.45) is -0.610. The van der Waals surface area contributed by atoms with Gasteiger partial charge in [0.15, 0.2) is 5.76 Å². The molecule has 0 aliphatic rings. The van der Waals surface area contributed by atoms with Gasteiger partial charge in [-0.05, 0) is 48.5 Å². The number of amides is 2. The minimum Gasteiger partial charge on any atom is -0.486 e. The number of nitrogens with one attached hydrogen (secondary N) is 2. The third kappa shape index (κ3) is 7.16. The normalized spacial score (nSPS) is 10.4. The highest BCUT2D eigenvalue weighted by Gasteiger charge is 2.13. The van der Waals surface area contributed by atoms with Crippen LogP contribution in [0.15, 0.2) is 69.6 Å². The Balaban J connectivity index is 1.54. The second kappa shape index (κ2) is 11.2. The lowest BCUT2D eigenvalue weighted by Gasteiger charge is -2.09. The Hall–Kier alpha value is -3.30. The average molecular weight is 489 g/mol. The molecular weight excluding hydrogens is 468 g/mol. The molecule has 31 heavy (non-hydrogen) atoms. The standard InChI is InChI=1S/C22H21BrN2O6/c1-28-10-11-29-22(27)25-17-6-3-5-16(13-17)24-21(26)20-9-8-19(31-20)14-30-18-7-2-4-15(23)12-18/h2-9,12-13H,10-11,14H2,1H3,(H,24,26)(H,25,27). The van der Waals surface area contributed by atoms with Crippen LogP contribution in [-0.4, -0.2) is 32.3 Å². The Labute approximate surface area is 187 Å². The van der Waals surface area contributed by atoms with Crippen LogP contribution in [0.2, 0.25) is 0 Å². The molecule has 3 aromatic rings. The van der Waals surface area contributed by atoms with Crippen molar-refractivity contribution in [1.29, 1.82) is 0 Å². The molecule has 1 aromatic heterocycles. The number of furan rings is 1. The highest BCUT2D eigenvalue weighted by Crippen LogP contribution is 2.20. The van der Waals surface area contributed by atoms with E-state index in [9.17, 15) is 9.59 Å². The molecule has 0 bridgehead atoms. The molecule has 0 saturated carbocycles. The minimum atomic E-state index is -0.610. The fourth-order valence-corrected chi connectivity index (χ4v) is 2.91. The molecule has 162 valence electrons. The first-order chi connectivity index (χ1) is 15.0. The Bertz CT molecular complexity index is 1040. The molecule has 1 heterocycles. The monoisotopic (exact) mass is 488 g/mol. The summed E-state index contributed by atoms with van der Waals surface area (Å²) in [4.78, 5) is 24.2. The fraction of sp³-hybridized carbons (Fsp3) is 0.182. The summed E-state index contributed by atoms with van der Waals surface area (Å²) in [5.41, 5.74) is 0.964. The van der Waals surface area contributed by atoms with E-state index >= 15 is 0 Å². The molecule has 2 aromatic carbocycles. The molecule has 0 aliphatic carbocycles. The van der Waals surface area contributed by atoms with E-state index in [0.29, 0.717) is 29.5 Å². The first kappa shape index (κ1) is 22.4. The van der Waals surface area contributed by atoms with E-state index < -0.39 is 12.0 Å². The first-order valence-electron chi connectivity index (χ1n) is 9.34. The predicted octanol–water partition coefficient (Wildman–Crippen LogP) is 5.07. The number of carbonyl (C=O) groups excluding carboxylic acids is 2. The number of rotatable bonds is 9. The molecule has 3 rings (SSSR count). The number of methoxy groups -OCH3 is 1. The first-order valence-corrected chi connectivity index (χ1v) is 10.1. The summed E-state index contributed by atoms with van der Waals surface area (Å²) >= 11 is 3.38. The highest BCUT2D eigenvalue weighted by atomic mass is 79.9. The van der Waals surface area contributed by atoms with Gasteiger partial charge in [0.2, 0.25) is 0 Å². The number of hydrogen-bond acceptors (Lipinski definition) is 6. The second-order valence-electron chi connectivity index (χ2n) is 6.30. The van der Waals surface area contributed by atoms with Crippen molar-refractivity contribution in [2.75, 3.05) is 31.0 Å². The summed E-state index contributed by atoms with van der Waals surface area (Å²) in [6.45, 7) is 0.641. The van der Waals surface area contributed by atoms with Crippen molar-refractivity contribution in [3.63, 3.8) is 0 Å². The zero-order chi connectivity index (χ0) is 22.1. The van der Waals surface area contributed by atoms with Gasteiger partial charge >= 0.3 is 6.09 Å². The van der Waals surface area contributed by atoms with Crippen LogP contribution in [-0.2, 0) is 16.1 Å². The van der Waals surface area contributed by atoms with Crippen LogP contribution in [0.25, 0.3) is 0 Å². The van der Waals surface area contributed by atoms with Gasteiger partial charge in [0, 0.05) is 23.0 Å². The van der Waals surface area contributed by atoms with E-state index in [2.05, 4.69) is 26.6 Å². The van der Waals surface area contributed by atoms with Gasteiger partial charge in [-0.1, -0.05) is 28.1 Å². The lowest BCUT2D eigenvalue weighted by molar-refractivity contribution is 0.0992. The summed E-state index contributed by atoms with van der Waals surface area (Å²) in [7, 11) is 1.52. The van der Waals surface area contributed by atoms with Gasteiger partial charge in [-0.3, -0.25) is 10.1 Å². The van der Waals surface area contributed by atoms with Crippen LogP contribution in [0.4, 0.5) is 16.2 Å². The van der Waals surface area contributed by atoms with E-state index in [1.165, 1.54) is 7.11 Å². The maximum Gasteiger partial charge on any atom is 0.411 e. The lowest BCUT2D eigenvalue weighted by atomic mass is 10.2. The van der Waals surface area contributed by atoms with Crippen molar-refractivity contribution < 1.29 is 28.2 Å². The second-order valence-corrected chi connectivity index (χ2v) is 7.22. The van der Waals surface area contributed by atoms with Crippen molar-refractivity contribution in [1.82, 2.24) is 0 Å². The van der Waals surface area contributed by atoms with Gasteiger partial charge in [-0.2, -0.15) is 0 Å². The quantitative estimate of drug-likeness (QED) is 0.408. The molecule has 0 saturated heterocycles.